The number of aromatic nitrogens is 1. The van der Waals surface area contributed by atoms with Crippen molar-refractivity contribution in [3.8, 4) is 0 Å². The quantitative estimate of drug-likeness (QED) is 0.586. The van der Waals surface area contributed by atoms with Crippen molar-refractivity contribution in [3.63, 3.8) is 0 Å². The lowest BCUT2D eigenvalue weighted by atomic mass is 10.2. The summed E-state index contributed by atoms with van der Waals surface area (Å²) in [5.41, 5.74) is 2.83. The van der Waals surface area contributed by atoms with E-state index in [-0.39, 0.29) is 11.9 Å². The van der Waals surface area contributed by atoms with E-state index in [9.17, 15) is 4.79 Å². The summed E-state index contributed by atoms with van der Waals surface area (Å²) in [5, 5.41) is 3.88. The zero-order valence-corrected chi connectivity index (χ0v) is 12.2. The number of carbonyl (C=O) groups excluding carboxylic acids is 1. The Kier molecular flexibility index (Phi) is 4.90. The summed E-state index contributed by atoms with van der Waals surface area (Å²) in [6.07, 6.45) is 6.89. The van der Waals surface area contributed by atoms with Crippen LogP contribution in [0.4, 0.5) is 5.82 Å². The summed E-state index contributed by atoms with van der Waals surface area (Å²) in [5.74, 6) is 5.47. The van der Waals surface area contributed by atoms with Crippen LogP contribution in [0.1, 0.15) is 29.6 Å². The Morgan fingerprint density at radius 2 is 2.37 bits per heavy atom. The number of rotatable bonds is 4. The number of nitrogen functional groups attached to an aromatic ring is 1. The van der Waals surface area contributed by atoms with Gasteiger partial charge >= 0.3 is 0 Å². The second-order valence-corrected chi connectivity index (χ2v) is 5.97. The van der Waals surface area contributed by atoms with E-state index in [0.29, 0.717) is 21.7 Å². The first kappa shape index (κ1) is 14.4. The van der Waals surface area contributed by atoms with Crippen molar-refractivity contribution in [2.24, 2.45) is 5.84 Å². The predicted octanol–water partition coefficient (Wildman–Crippen LogP) is 2.03. The van der Waals surface area contributed by atoms with Crippen LogP contribution in [0.15, 0.2) is 12.3 Å². The molecule has 0 aliphatic heterocycles. The highest BCUT2D eigenvalue weighted by molar-refractivity contribution is 7.99. The minimum atomic E-state index is -0.135. The highest BCUT2D eigenvalue weighted by Crippen LogP contribution is 2.28. The second-order valence-electron chi connectivity index (χ2n) is 4.48. The SMILES string of the molecule is CSC1CCCC1NC(=O)c1cnc(NN)c(Cl)c1. The Balaban J connectivity index is 2.05. The first-order valence-corrected chi connectivity index (χ1v) is 7.78. The van der Waals surface area contributed by atoms with Gasteiger partial charge in [0, 0.05) is 17.5 Å². The average Bonchev–Trinajstić information content (AvgIpc) is 2.85. The average molecular weight is 301 g/mol. The number of hydrogen-bond donors (Lipinski definition) is 3. The summed E-state index contributed by atoms with van der Waals surface area (Å²) >= 11 is 7.76. The Morgan fingerprint density at radius 3 is 3.00 bits per heavy atom. The highest BCUT2D eigenvalue weighted by atomic mass is 35.5. The number of carbonyl (C=O) groups is 1. The Bertz CT molecular complexity index is 471. The van der Waals surface area contributed by atoms with E-state index in [0.717, 1.165) is 19.3 Å². The monoisotopic (exact) mass is 300 g/mol. The Labute approximate surface area is 121 Å². The third-order valence-corrected chi connectivity index (χ3v) is 4.77. The van der Waals surface area contributed by atoms with Gasteiger partial charge in [0.2, 0.25) is 0 Å². The molecule has 104 valence electrons. The molecule has 1 heterocycles. The number of anilines is 1. The second kappa shape index (κ2) is 6.45. The summed E-state index contributed by atoms with van der Waals surface area (Å²) in [6.45, 7) is 0. The van der Waals surface area contributed by atoms with Gasteiger partial charge < -0.3 is 10.7 Å². The molecule has 0 saturated heterocycles. The molecule has 0 aromatic carbocycles. The van der Waals surface area contributed by atoms with E-state index < -0.39 is 0 Å². The molecule has 19 heavy (non-hydrogen) atoms. The van der Waals surface area contributed by atoms with E-state index in [1.165, 1.54) is 6.20 Å². The van der Waals surface area contributed by atoms with E-state index in [4.69, 9.17) is 17.4 Å². The molecule has 2 rings (SSSR count). The topological polar surface area (TPSA) is 80.0 Å². The Morgan fingerprint density at radius 1 is 1.58 bits per heavy atom. The molecular weight excluding hydrogens is 284 g/mol. The van der Waals surface area contributed by atoms with Crippen LogP contribution in [0.3, 0.4) is 0 Å². The van der Waals surface area contributed by atoms with Crippen molar-refractivity contribution in [2.45, 2.75) is 30.6 Å². The van der Waals surface area contributed by atoms with Crippen LogP contribution in [0.2, 0.25) is 5.02 Å². The van der Waals surface area contributed by atoms with E-state index in [2.05, 4.69) is 22.0 Å². The fourth-order valence-electron chi connectivity index (χ4n) is 2.29. The summed E-state index contributed by atoms with van der Waals surface area (Å²) in [7, 11) is 0. The minimum absolute atomic E-state index is 0.135. The molecule has 0 spiro atoms. The minimum Gasteiger partial charge on any atom is -0.348 e. The molecule has 1 fully saturated rings. The fourth-order valence-corrected chi connectivity index (χ4v) is 3.45. The number of hydrogen-bond acceptors (Lipinski definition) is 5. The van der Waals surface area contributed by atoms with Gasteiger partial charge in [-0.1, -0.05) is 18.0 Å². The number of thioether (sulfide) groups is 1. The van der Waals surface area contributed by atoms with Crippen molar-refractivity contribution in [1.29, 1.82) is 0 Å². The van der Waals surface area contributed by atoms with E-state index >= 15 is 0 Å². The standard InChI is InChI=1S/C12H17ClN4OS/c1-19-10-4-2-3-9(10)16-12(18)7-5-8(13)11(17-14)15-6-7/h5-6,9-10H,2-4,14H2,1H3,(H,15,17)(H,16,18). The van der Waals surface area contributed by atoms with E-state index in [1.807, 2.05) is 0 Å². The molecule has 0 radical (unpaired) electrons. The smallest absolute Gasteiger partial charge is 0.253 e. The van der Waals surface area contributed by atoms with Gasteiger partial charge in [0.15, 0.2) is 5.82 Å². The fraction of sp³-hybridized carbons (Fsp3) is 0.500. The number of pyridine rings is 1. The third kappa shape index (κ3) is 3.32. The molecule has 1 aliphatic carbocycles. The van der Waals surface area contributed by atoms with Crippen molar-refractivity contribution in [2.75, 3.05) is 11.7 Å². The molecule has 2 atom stereocenters. The van der Waals surface area contributed by atoms with Gasteiger partial charge in [0.1, 0.15) is 0 Å². The van der Waals surface area contributed by atoms with Crippen molar-refractivity contribution >= 4 is 35.1 Å². The molecule has 1 aromatic heterocycles. The maximum atomic E-state index is 12.1. The zero-order valence-electron chi connectivity index (χ0n) is 10.6. The molecule has 4 N–H and O–H groups in total. The molecule has 5 nitrogen and oxygen atoms in total. The largest absolute Gasteiger partial charge is 0.348 e. The van der Waals surface area contributed by atoms with Crippen LogP contribution in [-0.4, -0.2) is 28.4 Å². The summed E-state index contributed by atoms with van der Waals surface area (Å²) in [6, 6.07) is 1.80. The maximum absolute atomic E-state index is 12.1. The van der Waals surface area contributed by atoms with Crippen LogP contribution in [0.5, 0.6) is 0 Å². The predicted molar refractivity (Wildman–Crippen MR) is 79.5 cm³/mol. The summed E-state index contributed by atoms with van der Waals surface area (Å²) in [4.78, 5) is 16.1. The number of halogens is 1. The number of nitrogens with zero attached hydrogens (tertiary/aromatic N) is 1. The van der Waals surface area contributed by atoms with Crippen LogP contribution in [0.25, 0.3) is 0 Å². The first-order valence-electron chi connectivity index (χ1n) is 6.11. The van der Waals surface area contributed by atoms with Crippen LogP contribution in [-0.2, 0) is 0 Å². The Hall–Kier alpha value is -0.980. The van der Waals surface area contributed by atoms with Gasteiger partial charge in [-0.15, -0.1) is 0 Å². The number of nitrogens with one attached hydrogen (secondary N) is 2. The van der Waals surface area contributed by atoms with Gasteiger partial charge in [0.25, 0.3) is 5.91 Å². The maximum Gasteiger partial charge on any atom is 0.253 e. The van der Waals surface area contributed by atoms with Gasteiger partial charge in [-0.25, -0.2) is 10.8 Å². The van der Waals surface area contributed by atoms with Crippen LogP contribution in [0, 0.1) is 0 Å². The first-order chi connectivity index (χ1) is 9.15. The van der Waals surface area contributed by atoms with Crippen LogP contribution < -0.4 is 16.6 Å². The third-order valence-electron chi connectivity index (χ3n) is 3.31. The van der Waals surface area contributed by atoms with Gasteiger partial charge in [-0.2, -0.15) is 11.8 Å². The molecule has 2 unspecified atom stereocenters. The van der Waals surface area contributed by atoms with Crippen molar-refractivity contribution in [1.82, 2.24) is 10.3 Å². The van der Waals surface area contributed by atoms with Gasteiger partial charge in [0.05, 0.1) is 10.6 Å². The van der Waals surface area contributed by atoms with Crippen molar-refractivity contribution in [3.05, 3.63) is 22.8 Å². The molecule has 1 amide bonds. The molecule has 1 saturated carbocycles. The highest BCUT2D eigenvalue weighted by Gasteiger charge is 2.28. The lowest BCUT2D eigenvalue weighted by Crippen LogP contribution is -2.38. The number of nitrogens with two attached hydrogens (primary N) is 1. The van der Waals surface area contributed by atoms with Gasteiger partial charge in [-0.05, 0) is 25.2 Å². The summed E-state index contributed by atoms with van der Waals surface area (Å²) < 4.78 is 0. The zero-order chi connectivity index (χ0) is 13.8. The molecule has 0 bridgehead atoms. The molecular formula is C12H17ClN4OS. The number of amides is 1. The number of hydrazine groups is 1. The van der Waals surface area contributed by atoms with Gasteiger partial charge in [-0.3, -0.25) is 4.79 Å². The molecule has 7 heteroatoms. The lowest BCUT2D eigenvalue weighted by molar-refractivity contribution is 0.0938. The van der Waals surface area contributed by atoms with Crippen LogP contribution >= 0.6 is 23.4 Å². The lowest BCUT2D eigenvalue weighted by Gasteiger charge is -2.19. The normalized spacial score (nSPS) is 22.3. The molecule has 1 aliphatic rings. The van der Waals surface area contributed by atoms with Crippen molar-refractivity contribution < 1.29 is 4.79 Å². The van der Waals surface area contributed by atoms with E-state index in [1.54, 1.807) is 17.8 Å². The molecule has 1 aromatic rings.